The van der Waals surface area contributed by atoms with Crippen molar-refractivity contribution in [3.8, 4) is 0 Å². The summed E-state index contributed by atoms with van der Waals surface area (Å²) < 4.78 is 0. The SMILES string of the molecule is C[C@H](C(=O)O)[C@H]1NC(=O)[C@@H]1N1C(=O)c2ccccc2C1=O. The van der Waals surface area contributed by atoms with Crippen LogP contribution in [0, 0.1) is 5.92 Å². The van der Waals surface area contributed by atoms with Crippen molar-refractivity contribution in [2.75, 3.05) is 0 Å². The molecule has 1 aromatic rings. The Balaban J connectivity index is 1.95. The van der Waals surface area contributed by atoms with Gasteiger partial charge in [-0.1, -0.05) is 12.1 Å². The number of nitrogens with one attached hydrogen (secondary N) is 1. The molecule has 2 heterocycles. The zero-order valence-electron chi connectivity index (χ0n) is 11.1. The van der Waals surface area contributed by atoms with Crippen LogP contribution in [0.3, 0.4) is 0 Å². The summed E-state index contributed by atoms with van der Waals surface area (Å²) in [6.45, 7) is 1.43. The van der Waals surface area contributed by atoms with E-state index in [-0.39, 0.29) is 11.1 Å². The molecule has 0 spiro atoms. The molecule has 0 radical (unpaired) electrons. The predicted molar refractivity (Wildman–Crippen MR) is 69.5 cm³/mol. The molecule has 1 saturated heterocycles. The van der Waals surface area contributed by atoms with Crippen LogP contribution in [0.5, 0.6) is 0 Å². The van der Waals surface area contributed by atoms with E-state index >= 15 is 0 Å². The zero-order chi connectivity index (χ0) is 15.3. The van der Waals surface area contributed by atoms with E-state index in [1.165, 1.54) is 19.1 Å². The largest absolute Gasteiger partial charge is 0.481 e. The second-order valence-corrected chi connectivity index (χ2v) is 5.13. The van der Waals surface area contributed by atoms with Crippen molar-refractivity contribution < 1.29 is 24.3 Å². The minimum absolute atomic E-state index is 0.240. The van der Waals surface area contributed by atoms with E-state index in [9.17, 15) is 19.2 Å². The monoisotopic (exact) mass is 288 g/mol. The number of carbonyl (C=O) groups excluding carboxylic acids is 3. The van der Waals surface area contributed by atoms with Crippen LogP contribution < -0.4 is 5.32 Å². The van der Waals surface area contributed by atoms with E-state index in [0.29, 0.717) is 0 Å². The number of rotatable bonds is 3. The number of carboxylic acid groups (broad SMARTS) is 1. The van der Waals surface area contributed by atoms with Gasteiger partial charge in [-0.25, -0.2) is 0 Å². The van der Waals surface area contributed by atoms with Gasteiger partial charge in [0.25, 0.3) is 11.8 Å². The Morgan fingerprint density at radius 3 is 2.14 bits per heavy atom. The van der Waals surface area contributed by atoms with Crippen molar-refractivity contribution in [2.45, 2.75) is 19.0 Å². The van der Waals surface area contributed by atoms with Gasteiger partial charge >= 0.3 is 5.97 Å². The predicted octanol–water partition coefficient (Wildman–Crippen LogP) is -0.130. The first kappa shape index (κ1) is 13.3. The average molecular weight is 288 g/mol. The molecule has 3 atom stereocenters. The number of amides is 3. The molecular weight excluding hydrogens is 276 g/mol. The summed E-state index contributed by atoms with van der Waals surface area (Å²) in [6, 6.07) is 4.46. The lowest BCUT2D eigenvalue weighted by Gasteiger charge is -2.42. The fraction of sp³-hybridized carbons (Fsp3) is 0.286. The van der Waals surface area contributed by atoms with Gasteiger partial charge in [0.2, 0.25) is 5.91 Å². The van der Waals surface area contributed by atoms with Gasteiger partial charge in [0.15, 0.2) is 0 Å². The third-order valence-electron chi connectivity index (χ3n) is 3.95. The van der Waals surface area contributed by atoms with Crippen LogP contribution in [-0.2, 0) is 9.59 Å². The van der Waals surface area contributed by atoms with E-state index in [4.69, 9.17) is 5.11 Å². The summed E-state index contributed by atoms with van der Waals surface area (Å²) in [4.78, 5) is 48.3. The van der Waals surface area contributed by atoms with Gasteiger partial charge in [-0.05, 0) is 19.1 Å². The number of fused-ring (bicyclic) bond motifs is 1. The van der Waals surface area contributed by atoms with E-state index in [1.807, 2.05) is 0 Å². The van der Waals surface area contributed by atoms with Crippen molar-refractivity contribution in [3.05, 3.63) is 35.4 Å². The molecule has 0 aliphatic carbocycles. The van der Waals surface area contributed by atoms with Crippen LogP contribution in [0.25, 0.3) is 0 Å². The number of imide groups is 1. The lowest BCUT2D eigenvalue weighted by molar-refractivity contribution is -0.148. The molecule has 3 rings (SSSR count). The topological polar surface area (TPSA) is 104 Å². The summed E-state index contributed by atoms with van der Waals surface area (Å²) in [5, 5.41) is 11.5. The van der Waals surface area contributed by atoms with Crippen LogP contribution in [0.4, 0.5) is 0 Å². The number of β-lactam (4-membered cyclic amide) rings is 1. The first-order valence-electron chi connectivity index (χ1n) is 6.43. The van der Waals surface area contributed by atoms with Crippen LogP contribution in [0.15, 0.2) is 24.3 Å². The van der Waals surface area contributed by atoms with Crippen LogP contribution >= 0.6 is 0 Å². The number of aliphatic carboxylic acids is 1. The molecule has 1 fully saturated rings. The Hall–Kier alpha value is -2.70. The maximum atomic E-state index is 12.3. The molecule has 2 aliphatic heterocycles. The summed E-state index contributed by atoms with van der Waals surface area (Å²) in [5.74, 6) is -3.61. The molecule has 2 N–H and O–H groups in total. The highest BCUT2D eigenvalue weighted by Gasteiger charge is 2.54. The van der Waals surface area contributed by atoms with Crippen molar-refractivity contribution in [3.63, 3.8) is 0 Å². The average Bonchev–Trinajstić information content (AvgIpc) is 2.70. The van der Waals surface area contributed by atoms with E-state index in [0.717, 1.165) is 4.90 Å². The highest BCUT2D eigenvalue weighted by molar-refractivity contribution is 6.23. The van der Waals surface area contributed by atoms with Crippen molar-refractivity contribution in [2.24, 2.45) is 5.92 Å². The number of hydrogen-bond donors (Lipinski definition) is 2. The minimum Gasteiger partial charge on any atom is -0.481 e. The van der Waals surface area contributed by atoms with Gasteiger partial charge in [-0.2, -0.15) is 0 Å². The molecule has 0 bridgehead atoms. The van der Waals surface area contributed by atoms with Crippen molar-refractivity contribution >= 4 is 23.7 Å². The fourth-order valence-corrected chi connectivity index (χ4v) is 2.69. The van der Waals surface area contributed by atoms with Gasteiger partial charge in [0.1, 0.15) is 6.04 Å². The van der Waals surface area contributed by atoms with Gasteiger partial charge in [0.05, 0.1) is 23.1 Å². The smallest absolute Gasteiger partial charge is 0.308 e. The summed E-state index contributed by atoms with van der Waals surface area (Å²) in [5.41, 5.74) is 0.479. The van der Waals surface area contributed by atoms with Crippen molar-refractivity contribution in [1.82, 2.24) is 10.2 Å². The first-order chi connectivity index (χ1) is 9.93. The summed E-state index contributed by atoms with van der Waals surface area (Å²) in [7, 11) is 0. The molecule has 7 nitrogen and oxygen atoms in total. The maximum absolute atomic E-state index is 12.3. The molecule has 3 amide bonds. The number of nitrogens with zero attached hydrogens (tertiary/aromatic N) is 1. The second kappa shape index (κ2) is 4.41. The van der Waals surface area contributed by atoms with Crippen molar-refractivity contribution in [1.29, 1.82) is 0 Å². The molecule has 2 aliphatic rings. The molecular formula is C14H12N2O5. The highest BCUT2D eigenvalue weighted by Crippen LogP contribution is 2.30. The molecule has 108 valence electrons. The minimum atomic E-state index is -1.10. The Bertz CT molecular complexity index is 649. The summed E-state index contributed by atoms with van der Waals surface area (Å²) >= 11 is 0. The molecule has 0 unspecified atom stereocenters. The fourth-order valence-electron chi connectivity index (χ4n) is 2.69. The third-order valence-corrected chi connectivity index (χ3v) is 3.95. The van der Waals surface area contributed by atoms with Gasteiger partial charge in [-0.15, -0.1) is 0 Å². The Morgan fingerprint density at radius 2 is 1.71 bits per heavy atom. The lowest BCUT2D eigenvalue weighted by Crippen LogP contribution is -2.72. The normalized spacial score (nSPS) is 25.2. The maximum Gasteiger partial charge on any atom is 0.308 e. The molecule has 21 heavy (non-hydrogen) atoms. The van der Waals surface area contributed by atoms with Crippen LogP contribution in [-0.4, -0.2) is 45.8 Å². The zero-order valence-corrected chi connectivity index (χ0v) is 11.1. The molecule has 0 saturated carbocycles. The Morgan fingerprint density at radius 1 is 1.19 bits per heavy atom. The second-order valence-electron chi connectivity index (χ2n) is 5.13. The van der Waals surface area contributed by atoms with E-state index < -0.39 is 41.7 Å². The van der Waals surface area contributed by atoms with Gasteiger partial charge in [-0.3, -0.25) is 24.1 Å². The highest BCUT2D eigenvalue weighted by atomic mass is 16.4. The van der Waals surface area contributed by atoms with Gasteiger partial charge in [0, 0.05) is 0 Å². The molecule has 7 heteroatoms. The molecule has 1 aromatic carbocycles. The Labute approximate surface area is 119 Å². The number of carboxylic acids is 1. The molecule has 0 aromatic heterocycles. The van der Waals surface area contributed by atoms with Crippen LogP contribution in [0.2, 0.25) is 0 Å². The number of benzene rings is 1. The van der Waals surface area contributed by atoms with E-state index in [2.05, 4.69) is 5.32 Å². The first-order valence-corrected chi connectivity index (χ1v) is 6.43. The van der Waals surface area contributed by atoms with E-state index in [1.54, 1.807) is 12.1 Å². The third kappa shape index (κ3) is 1.74. The summed E-state index contributed by atoms with van der Waals surface area (Å²) in [6.07, 6.45) is 0. The van der Waals surface area contributed by atoms with Gasteiger partial charge < -0.3 is 10.4 Å². The lowest BCUT2D eigenvalue weighted by atomic mass is 9.86. The number of hydrogen-bond acceptors (Lipinski definition) is 4. The standard InChI is InChI=1S/C14H12N2O5/c1-6(14(20)21)9-10(11(17)15-9)16-12(18)7-4-2-3-5-8(7)13(16)19/h2-6,9-10H,1H3,(H,15,17)(H,20,21)/t6-,9+,10+/m0/s1. The number of carbonyl (C=O) groups is 4. The Kier molecular flexibility index (Phi) is 2.79. The van der Waals surface area contributed by atoms with Crippen LogP contribution in [0.1, 0.15) is 27.6 Å². The quantitative estimate of drug-likeness (QED) is 0.595.